The molecule has 0 amide bonds. The lowest BCUT2D eigenvalue weighted by Crippen LogP contribution is -2.11. The first-order chi connectivity index (χ1) is 29.4. The average molecular weight is 783 g/mol. The Balaban J connectivity index is 1.13. The highest BCUT2D eigenvalue weighted by molar-refractivity contribution is 5.77. The van der Waals surface area contributed by atoms with Gasteiger partial charge in [-0.05, 0) is 121 Å². The number of nitrogens with zero attached hydrogens (tertiary/aromatic N) is 4. The Bertz CT molecular complexity index is 2510. The molecule has 0 saturated carbocycles. The summed E-state index contributed by atoms with van der Waals surface area (Å²) in [6.07, 6.45) is 0. The monoisotopic (exact) mass is 782 g/mol. The van der Waals surface area contributed by atoms with E-state index < -0.39 is 0 Å². The van der Waals surface area contributed by atoms with Crippen molar-refractivity contribution in [3.8, 4) is 58.8 Å². The van der Waals surface area contributed by atoms with Crippen LogP contribution in [-0.2, 0) is 0 Å². The van der Waals surface area contributed by atoms with Crippen LogP contribution in [0, 0.1) is 46.3 Å². The van der Waals surface area contributed by atoms with Gasteiger partial charge in [0.2, 0.25) is 0 Å². The lowest BCUT2D eigenvalue weighted by Gasteiger charge is -2.25. The summed E-state index contributed by atoms with van der Waals surface area (Å²) in [6.45, 7) is 0. The van der Waals surface area contributed by atoms with Crippen LogP contribution in [0.2, 0.25) is 0 Å². The van der Waals surface area contributed by atoms with E-state index in [1.807, 2.05) is 146 Å². The number of hydrogen-bond donors (Lipinski definition) is 0. The van der Waals surface area contributed by atoms with Crippen molar-refractivity contribution in [3.63, 3.8) is 0 Å². The Labute approximate surface area is 350 Å². The van der Waals surface area contributed by atoms with Gasteiger partial charge >= 0.3 is 0 Å². The van der Waals surface area contributed by atoms with Gasteiger partial charge in [-0.25, -0.2) is 0 Å². The molecule has 0 aliphatic heterocycles. The standard InChI is InChI=1S/C52H38N4O4/c1-57-49-25-17-45(18-26-49)55(46-19-27-50(58-2)28-20-46)43-13-7-37(8-14-43)5-11-39-33-42(36-54)40(34-41(39)35-53)12-6-38-9-15-44(16-10-38)56(47-21-29-51(59-3)30-22-47)48-23-31-52(60-4)32-24-48/h7-10,13-34H,1-4H3/q+1. The van der Waals surface area contributed by atoms with Crippen LogP contribution in [0.25, 0.3) is 0 Å². The van der Waals surface area contributed by atoms with E-state index in [1.165, 1.54) is 0 Å². The van der Waals surface area contributed by atoms with Gasteiger partial charge in [0.25, 0.3) is 0 Å². The summed E-state index contributed by atoms with van der Waals surface area (Å²) in [4.78, 5) is 4.24. The summed E-state index contributed by atoms with van der Waals surface area (Å²) in [7, 11) is 6.57. The maximum absolute atomic E-state index is 10.1. The van der Waals surface area contributed by atoms with Crippen LogP contribution in [0.4, 0.5) is 34.1 Å². The molecule has 8 heteroatoms. The molecule has 0 saturated heterocycles. The third kappa shape index (κ3) is 9.08. The molecule has 0 unspecified atom stereocenters. The molecule has 0 fully saturated rings. The van der Waals surface area contributed by atoms with Gasteiger partial charge < -0.3 is 23.8 Å². The van der Waals surface area contributed by atoms with Crippen molar-refractivity contribution in [2.24, 2.45) is 0 Å². The summed E-state index contributed by atoms with van der Waals surface area (Å²) in [6, 6.07) is 54.8. The molecule has 60 heavy (non-hydrogen) atoms. The number of methoxy groups -OCH3 is 4. The van der Waals surface area contributed by atoms with E-state index in [0.29, 0.717) is 22.3 Å². The van der Waals surface area contributed by atoms with E-state index in [1.54, 1.807) is 40.6 Å². The van der Waals surface area contributed by atoms with Crippen molar-refractivity contribution in [2.45, 2.75) is 0 Å². The smallest absolute Gasteiger partial charge is 0.192 e. The molecular formula is C52H38N4O4+. The fourth-order valence-electron chi connectivity index (χ4n) is 6.48. The zero-order valence-electron chi connectivity index (χ0n) is 33.4. The first-order valence-electron chi connectivity index (χ1n) is 18.8. The Morgan fingerprint density at radius 3 is 0.967 bits per heavy atom. The Kier molecular flexibility index (Phi) is 12.4. The second kappa shape index (κ2) is 18.7. The third-order valence-electron chi connectivity index (χ3n) is 9.66. The van der Waals surface area contributed by atoms with Gasteiger partial charge in [-0.2, -0.15) is 10.5 Å². The van der Waals surface area contributed by atoms with Crippen LogP contribution in [0.5, 0.6) is 23.0 Å². The minimum Gasteiger partial charge on any atom is -0.497 e. The molecule has 0 spiro atoms. The Hall–Kier alpha value is -8.40. The highest BCUT2D eigenvalue weighted by Crippen LogP contribution is 2.37. The molecule has 289 valence electrons. The van der Waals surface area contributed by atoms with Crippen molar-refractivity contribution in [3.05, 3.63) is 191 Å². The summed E-state index contributed by atoms with van der Waals surface area (Å²) in [5.41, 5.74) is 8.68. The van der Waals surface area contributed by atoms with Crippen molar-refractivity contribution >= 4 is 34.1 Å². The van der Waals surface area contributed by atoms with Gasteiger partial charge in [0.15, 0.2) is 17.1 Å². The van der Waals surface area contributed by atoms with E-state index in [2.05, 4.69) is 45.6 Å². The molecule has 0 atom stereocenters. The number of anilines is 6. The van der Waals surface area contributed by atoms with Crippen molar-refractivity contribution in [1.82, 2.24) is 4.90 Å². The fraction of sp³-hybridized carbons (Fsp3) is 0.0769. The highest BCUT2D eigenvalue weighted by Gasteiger charge is 2.26. The second-order valence-electron chi connectivity index (χ2n) is 13.2. The van der Waals surface area contributed by atoms with Crippen LogP contribution in [0.15, 0.2) is 158 Å². The first kappa shape index (κ1) is 39.8. The Morgan fingerprint density at radius 1 is 0.367 bits per heavy atom. The second-order valence-corrected chi connectivity index (χ2v) is 13.2. The van der Waals surface area contributed by atoms with Gasteiger partial charge in [-0.15, -0.1) is 0 Å². The predicted molar refractivity (Wildman–Crippen MR) is 236 cm³/mol. The van der Waals surface area contributed by atoms with Crippen LogP contribution in [-0.4, -0.2) is 28.4 Å². The minimum atomic E-state index is 0.331. The number of rotatable bonds is 10. The molecule has 0 heterocycles. The molecular weight excluding hydrogens is 745 g/mol. The third-order valence-corrected chi connectivity index (χ3v) is 9.66. The molecule has 7 aromatic carbocycles. The van der Waals surface area contributed by atoms with Gasteiger partial charge in [-0.3, -0.25) is 0 Å². The summed E-state index contributed by atoms with van der Waals surface area (Å²) in [5.74, 6) is 15.6. The molecule has 7 aromatic rings. The van der Waals surface area contributed by atoms with E-state index in [4.69, 9.17) is 18.9 Å². The molecule has 8 nitrogen and oxygen atoms in total. The maximum atomic E-state index is 10.1. The van der Waals surface area contributed by atoms with Crippen molar-refractivity contribution in [2.75, 3.05) is 33.3 Å². The lowest BCUT2D eigenvalue weighted by molar-refractivity contribution is 0.414. The van der Waals surface area contributed by atoms with Gasteiger partial charge in [0.1, 0.15) is 35.1 Å². The van der Waals surface area contributed by atoms with Gasteiger partial charge in [0, 0.05) is 75.7 Å². The van der Waals surface area contributed by atoms with Crippen molar-refractivity contribution < 1.29 is 18.9 Å². The molecule has 0 aromatic heterocycles. The molecule has 0 aliphatic rings. The van der Waals surface area contributed by atoms with E-state index >= 15 is 0 Å². The molecule has 7 rings (SSSR count). The lowest BCUT2D eigenvalue weighted by atomic mass is 9.99. The zero-order chi connectivity index (χ0) is 41.8. The van der Waals surface area contributed by atoms with E-state index in [9.17, 15) is 10.5 Å². The van der Waals surface area contributed by atoms with Crippen LogP contribution in [0.3, 0.4) is 0 Å². The largest absolute Gasteiger partial charge is 0.497 e. The average Bonchev–Trinajstić information content (AvgIpc) is 3.32. The first-order valence-corrected chi connectivity index (χ1v) is 18.8. The SMILES string of the molecule is COc1ccc(N(c2ccc(C#Cc3cc(C#N)c(C#Cc4ccc([N+](c5ccc(OC)cc5)c5ccc(OC)cc5)cc4)cc3C#N)cc2)c2ccc(OC)cc2)cc1. The number of nitriles is 2. The number of hydrogen-bond acceptors (Lipinski definition) is 8. The van der Waals surface area contributed by atoms with Gasteiger partial charge in [0.05, 0.1) is 39.6 Å². The van der Waals surface area contributed by atoms with Crippen LogP contribution in [0.1, 0.15) is 33.4 Å². The topological polar surface area (TPSA) is 93.6 Å². The zero-order valence-corrected chi connectivity index (χ0v) is 33.4. The summed E-state index contributed by atoms with van der Waals surface area (Å²) >= 11 is 0. The van der Waals surface area contributed by atoms with E-state index in [0.717, 1.165) is 68.2 Å². The molecule has 0 bridgehead atoms. The normalized spacial score (nSPS) is 10.2. The van der Waals surface area contributed by atoms with Crippen molar-refractivity contribution in [1.29, 1.82) is 10.5 Å². The summed E-state index contributed by atoms with van der Waals surface area (Å²) in [5, 5.41) is 20.2. The summed E-state index contributed by atoms with van der Waals surface area (Å²) < 4.78 is 21.5. The highest BCUT2D eigenvalue weighted by atomic mass is 16.5. The predicted octanol–water partition coefficient (Wildman–Crippen LogP) is 11.2. The maximum Gasteiger partial charge on any atom is 0.192 e. The quantitative estimate of drug-likeness (QED) is 0.101. The van der Waals surface area contributed by atoms with Gasteiger partial charge in [-0.1, -0.05) is 28.6 Å². The van der Waals surface area contributed by atoms with E-state index in [-0.39, 0.29) is 0 Å². The number of ether oxygens (including phenoxy) is 4. The fourth-order valence-corrected chi connectivity index (χ4v) is 6.48. The van der Waals surface area contributed by atoms with Crippen LogP contribution < -0.4 is 28.7 Å². The number of benzene rings is 7. The molecule has 0 aliphatic carbocycles. The molecule has 1 radical (unpaired) electrons. The minimum absolute atomic E-state index is 0.331. The van der Waals surface area contributed by atoms with Crippen LogP contribution >= 0.6 is 0 Å². The Morgan fingerprint density at radius 2 is 0.650 bits per heavy atom. The molecule has 0 N–H and O–H groups in total.